The quantitative estimate of drug-likeness (QED) is 0.125. The van der Waals surface area contributed by atoms with Crippen molar-refractivity contribution < 1.29 is 23.6 Å². The topological polar surface area (TPSA) is 126 Å². The molecule has 41 heavy (non-hydrogen) atoms. The van der Waals surface area contributed by atoms with Crippen LogP contribution in [0, 0.1) is 10.1 Å². The van der Waals surface area contributed by atoms with Gasteiger partial charge in [-0.1, -0.05) is 23.5 Å². The molecule has 2 aromatic carbocycles. The molecule has 1 aliphatic heterocycles. The van der Waals surface area contributed by atoms with Crippen LogP contribution in [-0.4, -0.2) is 35.4 Å². The molecule has 0 N–H and O–H groups in total. The monoisotopic (exact) mass is 591 g/mol. The number of hydrogen-bond acceptors (Lipinski definition) is 10. The predicted octanol–water partition coefficient (Wildman–Crippen LogP) is 4.70. The van der Waals surface area contributed by atoms with Gasteiger partial charge in [-0.25, -0.2) is 9.79 Å². The highest BCUT2D eigenvalue weighted by Crippen LogP contribution is 2.35. The SMILES string of the molecule is CCOC(=O)C1=C(C)N=c2s/c(=C\c3ccc(-c4ccc(OC)cc4[N+](=O)[O-])o3)c(=O)n2[C@H]1c1ccc(SC)cc1. The Balaban J connectivity index is 1.62. The summed E-state index contributed by atoms with van der Waals surface area (Å²) in [6.45, 7) is 3.64. The van der Waals surface area contributed by atoms with Crippen LogP contribution < -0.4 is 19.6 Å². The molecule has 1 atom stereocenters. The molecular weight excluding hydrogens is 566 g/mol. The molecule has 0 spiro atoms. The van der Waals surface area contributed by atoms with E-state index in [1.807, 2.05) is 30.5 Å². The average Bonchev–Trinajstić information content (AvgIpc) is 3.56. The lowest BCUT2D eigenvalue weighted by Crippen LogP contribution is -2.39. The number of methoxy groups -OCH3 is 1. The molecule has 0 saturated carbocycles. The van der Waals surface area contributed by atoms with Crippen LogP contribution in [0.2, 0.25) is 0 Å². The Kier molecular flexibility index (Phi) is 7.95. The lowest BCUT2D eigenvalue weighted by Gasteiger charge is -2.24. The summed E-state index contributed by atoms with van der Waals surface area (Å²) in [6.07, 6.45) is 3.54. The fourth-order valence-corrected chi connectivity index (χ4v) is 6.03. The predicted molar refractivity (Wildman–Crippen MR) is 156 cm³/mol. The van der Waals surface area contributed by atoms with Gasteiger partial charge in [0.05, 0.1) is 52.1 Å². The van der Waals surface area contributed by atoms with Crippen LogP contribution in [0.1, 0.15) is 31.2 Å². The summed E-state index contributed by atoms with van der Waals surface area (Å²) in [5.41, 5.74) is 1.28. The van der Waals surface area contributed by atoms with Crippen molar-refractivity contribution in [1.82, 2.24) is 4.57 Å². The number of esters is 1. The Hall–Kier alpha value is -4.42. The Bertz CT molecular complexity index is 1870. The molecule has 5 rings (SSSR count). The molecule has 0 saturated heterocycles. The number of ether oxygens (including phenoxy) is 2. The fourth-order valence-electron chi connectivity index (χ4n) is 4.60. The first-order valence-corrected chi connectivity index (χ1v) is 14.6. The maximum absolute atomic E-state index is 13.8. The maximum atomic E-state index is 13.8. The number of thiazole rings is 1. The van der Waals surface area contributed by atoms with E-state index in [-0.39, 0.29) is 29.2 Å². The third-order valence-electron chi connectivity index (χ3n) is 6.52. The molecule has 0 radical (unpaired) electrons. The third-order valence-corrected chi connectivity index (χ3v) is 8.24. The highest BCUT2D eigenvalue weighted by molar-refractivity contribution is 7.98. The molecule has 0 aliphatic carbocycles. The number of thioether (sulfide) groups is 1. The van der Waals surface area contributed by atoms with E-state index in [4.69, 9.17) is 13.9 Å². The first kappa shape index (κ1) is 28.1. The highest BCUT2D eigenvalue weighted by atomic mass is 32.2. The summed E-state index contributed by atoms with van der Waals surface area (Å²) in [6, 6.07) is 14.7. The summed E-state index contributed by atoms with van der Waals surface area (Å²) in [4.78, 5) is 44.1. The zero-order chi connectivity index (χ0) is 29.3. The second-order valence-corrected chi connectivity index (χ2v) is 10.8. The first-order valence-electron chi connectivity index (χ1n) is 12.5. The smallest absolute Gasteiger partial charge is 0.338 e. The number of allylic oxidation sites excluding steroid dienone is 1. The van der Waals surface area contributed by atoms with Crippen molar-refractivity contribution in [1.29, 1.82) is 0 Å². The van der Waals surface area contributed by atoms with E-state index in [1.165, 1.54) is 17.7 Å². The van der Waals surface area contributed by atoms with Gasteiger partial charge >= 0.3 is 5.97 Å². The molecule has 0 unspecified atom stereocenters. The second kappa shape index (κ2) is 11.6. The van der Waals surface area contributed by atoms with Crippen LogP contribution in [-0.2, 0) is 9.53 Å². The first-order chi connectivity index (χ1) is 19.7. The molecule has 210 valence electrons. The Morgan fingerprint density at radius 2 is 1.98 bits per heavy atom. The Morgan fingerprint density at radius 3 is 2.63 bits per heavy atom. The van der Waals surface area contributed by atoms with Gasteiger partial charge in [0.15, 0.2) is 4.80 Å². The largest absolute Gasteiger partial charge is 0.497 e. The number of nitro benzene ring substituents is 1. The number of fused-ring (bicyclic) bond motifs is 1. The molecule has 4 aromatic rings. The minimum Gasteiger partial charge on any atom is -0.497 e. The van der Waals surface area contributed by atoms with Crippen LogP contribution in [0.25, 0.3) is 17.4 Å². The molecule has 2 aromatic heterocycles. The van der Waals surface area contributed by atoms with Crippen LogP contribution in [0.15, 0.2) is 85.0 Å². The van der Waals surface area contributed by atoms with Crippen molar-refractivity contribution in [2.24, 2.45) is 4.99 Å². The molecule has 12 heteroatoms. The van der Waals surface area contributed by atoms with E-state index < -0.39 is 16.9 Å². The number of rotatable bonds is 8. The number of carbonyl (C=O) groups is 1. The number of aromatic nitrogens is 1. The minimum atomic E-state index is -0.725. The van der Waals surface area contributed by atoms with Gasteiger partial charge in [0.2, 0.25) is 0 Å². The van der Waals surface area contributed by atoms with Crippen molar-refractivity contribution >= 4 is 40.8 Å². The molecule has 0 bridgehead atoms. The Morgan fingerprint density at radius 1 is 1.22 bits per heavy atom. The molecule has 0 fully saturated rings. The number of nitrogens with zero attached hydrogens (tertiary/aromatic N) is 3. The van der Waals surface area contributed by atoms with Gasteiger partial charge in [-0.2, -0.15) is 0 Å². The molecule has 0 amide bonds. The van der Waals surface area contributed by atoms with Gasteiger partial charge < -0.3 is 13.9 Å². The summed E-state index contributed by atoms with van der Waals surface area (Å²) in [5, 5.41) is 11.7. The van der Waals surface area contributed by atoms with Gasteiger partial charge in [-0.05, 0) is 62.1 Å². The van der Waals surface area contributed by atoms with Crippen molar-refractivity contribution in [3.63, 3.8) is 0 Å². The van der Waals surface area contributed by atoms with E-state index in [0.29, 0.717) is 32.1 Å². The highest BCUT2D eigenvalue weighted by Gasteiger charge is 2.33. The van der Waals surface area contributed by atoms with Crippen LogP contribution in [0.5, 0.6) is 5.75 Å². The summed E-state index contributed by atoms with van der Waals surface area (Å²) in [5.74, 6) is 0.422. The van der Waals surface area contributed by atoms with E-state index in [2.05, 4.69) is 4.99 Å². The summed E-state index contributed by atoms with van der Waals surface area (Å²) >= 11 is 2.76. The van der Waals surface area contributed by atoms with E-state index in [1.54, 1.807) is 56.0 Å². The fraction of sp³-hybridized carbons (Fsp3) is 0.207. The van der Waals surface area contributed by atoms with Crippen LogP contribution in [0.4, 0.5) is 5.69 Å². The van der Waals surface area contributed by atoms with Gasteiger partial charge in [0, 0.05) is 11.0 Å². The molecule has 3 heterocycles. The second-order valence-electron chi connectivity index (χ2n) is 8.92. The van der Waals surface area contributed by atoms with Gasteiger partial charge in [0.1, 0.15) is 17.3 Å². The zero-order valence-electron chi connectivity index (χ0n) is 22.6. The molecule has 1 aliphatic rings. The standard InChI is InChI=1S/C29H25N3O7S2/c1-5-38-28(34)25-16(2)30-29-31(26(25)17-6-10-20(40-4)11-7-17)27(33)24(41-29)15-19-9-13-23(39-19)21-12-8-18(37-3)14-22(21)32(35)36/h6-15,26H,5H2,1-4H3/b24-15-/t26-/m0/s1. The lowest BCUT2D eigenvalue weighted by atomic mass is 9.96. The summed E-state index contributed by atoms with van der Waals surface area (Å²) < 4.78 is 18.2. The number of nitro groups is 1. The van der Waals surface area contributed by atoms with Crippen LogP contribution in [0.3, 0.4) is 0 Å². The van der Waals surface area contributed by atoms with Crippen molar-refractivity contribution in [2.45, 2.75) is 24.8 Å². The normalized spacial score (nSPS) is 14.9. The van der Waals surface area contributed by atoms with Gasteiger partial charge in [-0.15, -0.1) is 11.8 Å². The van der Waals surface area contributed by atoms with E-state index >= 15 is 0 Å². The number of benzene rings is 2. The number of carbonyl (C=O) groups excluding carboxylic acids is 1. The van der Waals surface area contributed by atoms with E-state index in [0.717, 1.165) is 21.8 Å². The van der Waals surface area contributed by atoms with Crippen molar-refractivity contribution in [3.8, 4) is 17.1 Å². The maximum Gasteiger partial charge on any atom is 0.338 e. The van der Waals surface area contributed by atoms with Crippen molar-refractivity contribution in [3.05, 3.63) is 107 Å². The number of hydrogen-bond donors (Lipinski definition) is 0. The van der Waals surface area contributed by atoms with Crippen LogP contribution >= 0.6 is 23.1 Å². The van der Waals surface area contributed by atoms with Gasteiger partial charge in [0.25, 0.3) is 11.2 Å². The molecule has 10 nitrogen and oxygen atoms in total. The molecular formula is C29H25N3O7S2. The zero-order valence-corrected chi connectivity index (χ0v) is 24.2. The van der Waals surface area contributed by atoms with Crippen molar-refractivity contribution in [2.75, 3.05) is 20.0 Å². The van der Waals surface area contributed by atoms with E-state index in [9.17, 15) is 19.7 Å². The van der Waals surface area contributed by atoms with Gasteiger partial charge in [-0.3, -0.25) is 19.5 Å². The lowest BCUT2D eigenvalue weighted by molar-refractivity contribution is -0.384. The number of furan rings is 1. The summed E-state index contributed by atoms with van der Waals surface area (Å²) in [7, 11) is 1.43. The third kappa shape index (κ3) is 5.35. The minimum absolute atomic E-state index is 0.168. The Labute approximate surface area is 242 Å². The average molecular weight is 592 g/mol.